The van der Waals surface area contributed by atoms with Gasteiger partial charge in [0.05, 0.1) is 6.54 Å². The predicted octanol–water partition coefficient (Wildman–Crippen LogP) is 4.28. The molecule has 1 aliphatic rings. The average molecular weight is 450 g/mol. The highest BCUT2D eigenvalue weighted by molar-refractivity contribution is 9.10. The van der Waals surface area contributed by atoms with E-state index in [-0.39, 0.29) is 11.8 Å². The second-order valence-electron chi connectivity index (χ2n) is 6.35. The van der Waals surface area contributed by atoms with Gasteiger partial charge in [0, 0.05) is 40.6 Å². The number of nitrogens with zero attached hydrogens (tertiary/aromatic N) is 1. The van der Waals surface area contributed by atoms with Crippen LogP contribution >= 0.6 is 27.5 Å². The van der Waals surface area contributed by atoms with E-state index in [0.29, 0.717) is 30.5 Å². The molecule has 2 aromatic rings. The third-order valence-electron chi connectivity index (χ3n) is 4.39. The number of para-hydroxylation sites is 1. The number of anilines is 1. The zero-order valence-electron chi connectivity index (χ0n) is 15.1. The van der Waals surface area contributed by atoms with E-state index in [9.17, 15) is 4.79 Å². The third kappa shape index (κ3) is 5.23. The fraction of sp³-hybridized carbons (Fsp3) is 0.300. The molecule has 142 valence electrons. The van der Waals surface area contributed by atoms with Gasteiger partial charge >= 0.3 is 0 Å². The van der Waals surface area contributed by atoms with E-state index in [0.717, 1.165) is 27.8 Å². The van der Waals surface area contributed by atoms with Gasteiger partial charge in [-0.25, -0.2) is 4.99 Å². The molecule has 0 aromatic heterocycles. The molecule has 3 rings (SSSR count). The summed E-state index contributed by atoms with van der Waals surface area (Å²) in [6.07, 6.45) is 0.460. The van der Waals surface area contributed by atoms with Crippen LogP contribution in [0.15, 0.2) is 51.9 Å². The number of rotatable bonds is 5. The number of guanidine groups is 1. The Bertz CT molecular complexity index is 856. The zero-order valence-corrected chi connectivity index (χ0v) is 17.4. The average Bonchev–Trinajstić information content (AvgIpc) is 2.64. The quantitative estimate of drug-likeness (QED) is 0.471. The van der Waals surface area contributed by atoms with Crippen LogP contribution in [0.4, 0.5) is 5.69 Å². The smallest absolute Gasteiger partial charge is 0.225 e. The second-order valence-corrected chi connectivity index (χ2v) is 7.67. The van der Waals surface area contributed by atoms with E-state index in [4.69, 9.17) is 11.6 Å². The highest BCUT2D eigenvalue weighted by atomic mass is 79.9. The Balaban J connectivity index is 1.69. The monoisotopic (exact) mass is 448 g/mol. The summed E-state index contributed by atoms with van der Waals surface area (Å²) in [4.78, 5) is 16.6. The predicted molar refractivity (Wildman–Crippen MR) is 114 cm³/mol. The minimum absolute atomic E-state index is 0.0454. The molecule has 0 saturated carbocycles. The molecule has 0 saturated heterocycles. The van der Waals surface area contributed by atoms with Crippen LogP contribution in [0.1, 0.15) is 30.4 Å². The fourth-order valence-corrected chi connectivity index (χ4v) is 3.79. The summed E-state index contributed by atoms with van der Waals surface area (Å²) in [6, 6.07) is 13.7. The van der Waals surface area contributed by atoms with Crippen molar-refractivity contribution in [1.29, 1.82) is 0 Å². The third-order valence-corrected chi connectivity index (χ3v) is 5.23. The molecular weight excluding hydrogens is 428 g/mol. The number of hydrogen-bond acceptors (Lipinski definition) is 2. The standard InChI is InChI=1S/C20H22BrClN4O/c1-2-23-20(24-11-13-7-8-15(21)10-17(13)22)25-12-14-9-19(27)26-18-6-4-3-5-16(14)18/h3-8,10,14H,2,9,11-12H2,1H3,(H,26,27)(H2,23,24,25). The molecule has 1 aliphatic heterocycles. The number of halogens is 2. The van der Waals surface area contributed by atoms with Crippen LogP contribution in [-0.4, -0.2) is 25.0 Å². The molecule has 1 atom stereocenters. The molecule has 1 unspecified atom stereocenters. The van der Waals surface area contributed by atoms with Gasteiger partial charge in [-0.05, 0) is 36.2 Å². The van der Waals surface area contributed by atoms with Crippen molar-refractivity contribution >= 4 is 45.1 Å². The largest absolute Gasteiger partial charge is 0.357 e. The molecule has 7 heteroatoms. The van der Waals surface area contributed by atoms with Crippen LogP contribution < -0.4 is 16.0 Å². The first-order valence-electron chi connectivity index (χ1n) is 8.91. The molecule has 5 nitrogen and oxygen atoms in total. The summed E-state index contributed by atoms with van der Waals surface area (Å²) in [5.41, 5.74) is 3.00. The van der Waals surface area contributed by atoms with Crippen molar-refractivity contribution in [3.8, 4) is 0 Å². The number of fused-ring (bicyclic) bond motifs is 1. The molecule has 1 amide bonds. The van der Waals surface area contributed by atoms with Crippen molar-refractivity contribution < 1.29 is 4.79 Å². The first-order valence-corrected chi connectivity index (χ1v) is 10.1. The Kier molecular flexibility index (Phi) is 6.74. The minimum Gasteiger partial charge on any atom is -0.357 e. The van der Waals surface area contributed by atoms with Crippen molar-refractivity contribution in [2.45, 2.75) is 25.8 Å². The molecule has 0 fully saturated rings. The van der Waals surface area contributed by atoms with Gasteiger partial charge in [0.25, 0.3) is 0 Å². The number of aliphatic imine (C=N–C) groups is 1. The second kappa shape index (κ2) is 9.24. The molecular formula is C20H22BrClN4O. The Hall–Kier alpha value is -2.05. The lowest BCUT2D eigenvalue weighted by Crippen LogP contribution is -2.40. The van der Waals surface area contributed by atoms with Gasteiger partial charge in [-0.3, -0.25) is 4.79 Å². The van der Waals surface area contributed by atoms with Gasteiger partial charge in [-0.15, -0.1) is 0 Å². The van der Waals surface area contributed by atoms with E-state index in [2.05, 4.69) is 42.9 Å². The molecule has 0 bridgehead atoms. The minimum atomic E-state index is 0.0454. The Morgan fingerprint density at radius 1 is 1.30 bits per heavy atom. The van der Waals surface area contributed by atoms with E-state index in [1.54, 1.807) is 0 Å². The topological polar surface area (TPSA) is 65.5 Å². The first-order chi connectivity index (χ1) is 13.1. The summed E-state index contributed by atoms with van der Waals surface area (Å²) in [5, 5.41) is 10.2. The zero-order chi connectivity index (χ0) is 19.2. The first kappa shape index (κ1) is 19.7. The Labute approximate surface area is 172 Å². The van der Waals surface area contributed by atoms with E-state index in [1.807, 2.05) is 43.3 Å². The fourth-order valence-electron chi connectivity index (χ4n) is 3.06. The number of hydrogen-bond donors (Lipinski definition) is 3. The highest BCUT2D eigenvalue weighted by Gasteiger charge is 2.24. The molecule has 0 spiro atoms. The van der Waals surface area contributed by atoms with Crippen LogP contribution in [-0.2, 0) is 11.3 Å². The number of benzene rings is 2. The SMILES string of the molecule is CCNC(=NCc1ccc(Br)cc1Cl)NCC1CC(=O)Nc2ccccc21. The summed E-state index contributed by atoms with van der Waals surface area (Å²) < 4.78 is 0.944. The van der Waals surface area contributed by atoms with Crippen LogP contribution in [0.25, 0.3) is 0 Å². The molecule has 0 aliphatic carbocycles. The van der Waals surface area contributed by atoms with Crippen molar-refractivity contribution in [1.82, 2.24) is 10.6 Å². The molecule has 27 heavy (non-hydrogen) atoms. The van der Waals surface area contributed by atoms with Gasteiger partial charge in [0.1, 0.15) is 0 Å². The van der Waals surface area contributed by atoms with Gasteiger partial charge in [-0.2, -0.15) is 0 Å². The molecule has 1 heterocycles. The van der Waals surface area contributed by atoms with Gasteiger partial charge in [0.2, 0.25) is 5.91 Å². The maximum absolute atomic E-state index is 12.0. The normalized spacial score (nSPS) is 16.5. The Morgan fingerprint density at radius 3 is 2.89 bits per heavy atom. The Morgan fingerprint density at radius 2 is 2.11 bits per heavy atom. The van der Waals surface area contributed by atoms with Gasteiger partial charge < -0.3 is 16.0 Å². The molecule has 0 radical (unpaired) electrons. The van der Waals surface area contributed by atoms with Gasteiger partial charge in [0.15, 0.2) is 5.96 Å². The number of nitrogens with one attached hydrogen (secondary N) is 3. The maximum atomic E-state index is 12.0. The van der Waals surface area contributed by atoms with Crippen LogP contribution in [0.3, 0.4) is 0 Å². The van der Waals surface area contributed by atoms with Gasteiger partial charge in [-0.1, -0.05) is 51.8 Å². The summed E-state index contributed by atoms with van der Waals surface area (Å²) in [5.74, 6) is 0.860. The summed E-state index contributed by atoms with van der Waals surface area (Å²) >= 11 is 9.69. The van der Waals surface area contributed by atoms with Crippen molar-refractivity contribution in [2.24, 2.45) is 4.99 Å². The lowest BCUT2D eigenvalue weighted by atomic mass is 9.90. The number of carbonyl (C=O) groups excluding carboxylic acids is 1. The maximum Gasteiger partial charge on any atom is 0.225 e. The lowest BCUT2D eigenvalue weighted by molar-refractivity contribution is -0.116. The van der Waals surface area contributed by atoms with Crippen molar-refractivity contribution in [3.63, 3.8) is 0 Å². The van der Waals surface area contributed by atoms with Crippen LogP contribution in [0.2, 0.25) is 5.02 Å². The molecule has 3 N–H and O–H groups in total. The summed E-state index contributed by atoms with van der Waals surface area (Å²) in [7, 11) is 0. The summed E-state index contributed by atoms with van der Waals surface area (Å²) in [6.45, 7) is 3.88. The van der Waals surface area contributed by atoms with Crippen LogP contribution in [0, 0.1) is 0 Å². The van der Waals surface area contributed by atoms with E-state index < -0.39 is 0 Å². The van der Waals surface area contributed by atoms with E-state index in [1.165, 1.54) is 0 Å². The number of amides is 1. The van der Waals surface area contributed by atoms with Crippen molar-refractivity contribution in [3.05, 3.63) is 63.1 Å². The molecule has 2 aromatic carbocycles. The lowest BCUT2D eigenvalue weighted by Gasteiger charge is -2.26. The number of carbonyl (C=O) groups is 1. The van der Waals surface area contributed by atoms with Crippen molar-refractivity contribution in [2.75, 3.05) is 18.4 Å². The van der Waals surface area contributed by atoms with Crippen LogP contribution in [0.5, 0.6) is 0 Å². The van der Waals surface area contributed by atoms with E-state index >= 15 is 0 Å². The highest BCUT2D eigenvalue weighted by Crippen LogP contribution is 2.31.